The SMILES string of the molecule is CNC(=O)c1cc(Cl)cc(Cl)c1NC(=O)C(C=C(N)C(F)(F)F)=Nc1ncccc1Cl. The molecule has 1 heterocycles. The summed E-state index contributed by atoms with van der Waals surface area (Å²) in [5.74, 6) is -2.05. The molecule has 164 valence electrons. The average molecular weight is 495 g/mol. The number of alkyl halides is 3. The van der Waals surface area contributed by atoms with Crippen LogP contribution in [0.4, 0.5) is 24.7 Å². The molecule has 0 bridgehead atoms. The molecular formula is C18H13Cl3F3N5O2. The first kappa shape index (κ1) is 24.4. The van der Waals surface area contributed by atoms with E-state index >= 15 is 0 Å². The minimum atomic E-state index is -4.93. The summed E-state index contributed by atoms with van der Waals surface area (Å²) in [5.41, 5.74) is 2.33. The highest BCUT2D eigenvalue weighted by atomic mass is 35.5. The van der Waals surface area contributed by atoms with Gasteiger partial charge in [-0.1, -0.05) is 34.8 Å². The lowest BCUT2D eigenvalue weighted by molar-refractivity contribution is -0.110. The van der Waals surface area contributed by atoms with Crippen molar-refractivity contribution in [1.82, 2.24) is 10.3 Å². The van der Waals surface area contributed by atoms with Crippen LogP contribution in [0.3, 0.4) is 0 Å². The highest BCUT2D eigenvalue weighted by Crippen LogP contribution is 2.31. The van der Waals surface area contributed by atoms with Gasteiger partial charge in [0.05, 0.1) is 21.3 Å². The van der Waals surface area contributed by atoms with Crippen LogP contribution >= 0.6 is 34.8 Å². The molecule has 13 heteroatoms. The number of allylic oxidation sites excluding steroid dienone is 1. The van der Waals surface area contributed by atoms with Crippen molar-refractivity contribution in [3.63, 3.8) is 0 Å². The lowest BCUT2D eigenvalue weighted by atomic mass is 10.1. The Bertz CT molecular complexity index is 1090. The maximum atomic E-state index is 12.9. The number of benzene rings is 1. The third-order valence-corrected chi connectivity index (χ3v) is 4.39. The van der Waals surface area contributed by atoms with Crippen LogP contribution in [0.2, 0.25) is 15.1 Å². The van der Waals surface area contributed by atoms with E-state index in [-0.39, 0.29) is 32.1 Å². The number of carbonyl (C=O) groups excluding carboxylic acids is 2. The molecule has 4 N–H and O–H groups in total. The Morgan fingerprint density at radius 1 is 1.19 bits per heavy atom. The van der Waals surface area contributed by atoms with Gasteiger partial charge in [0.2, 0.25) is 0 Å². The number of aromatic nitrogens is 1. The van der Waals surface area contributed by atoms with E-state index in [4.69, 9.17) is 40.5 Å². The molecule has 0 aliphatic rings. The van der Waals surface area contributed by atoms with E-state index in [2.05, 4.69) is 20.6 Å². The van der Waals surface area contributed by atoms with Crippen molar-refractivity contribution in [2.24, 2.45) is 10.7 Å². The Morgan fingerprint density at radius 2 is 1.87 bits per heavy atom. The summed E-state index contributed by atoms with van der Waals surface area (Å²) >= 11 is 17.9. The summed E-state index contributed by atoms with van der Waals surface area (Å²) in [6.07, 6.45) is -3.35. The van der Waals surface area contributed by atoms with Gasteiger partial charge in [-0.2, -0.15) is 13.2 Å². The van der Waals surface area contributed by atoms with E-state index in [9.17, 15) is 22.8 Å². The number of halogens is 6. The first-order valence-electron chi connectivity index (χ1n) is 8.20. The molecule has 2 aromatic rings. The quantitative estimate of drug-likeness (QED) is 0.531. The normalized spacial score (nSPS) is 12.5. The molecule has 0 saturated heterocycles. The van der Waals surface area contributed by atoms with Crippen LogP contribution in [0.1, 0.15) is 10.4 Å². The van der Waals surface area contributed by atoms with Gasteiger partial charge >= 0.3 is 6.18 Å². The van der Waals surface area contributed by atoms with Gasteiger partial charge in [-0.25, -0.2) is 9.98 Å². The fourth-order valence-electron chi connectivity index (χ4n) is 2.14. The van der Waals surface area contributed by atoms with E-state index in [0.717, 1.165) is 0 Å². The molecule has 0 atom stereocenters. The first-order chi connectivity index (χ1) is 14.4. The minimum absolute atomic E-state index is 0.0256. The lowest BCUT2D eigenvalue weighted by Gasteiger charge is -2.14. The summed E-state index contributed by atoms with van der Waals surface area (Å²) in [6.45, 7) is 0. The van der Waals surface area contributed by atoms with Gasteiger partial charge in [-0.3, -0.25) is 9.59 Å². The van der Waals surface area contributed by atoms with E-state index < -0.39 is 29.4 Å². The Hall–Kier alpha value is -2.82. The number of aliphatic imine (C=N–C) groups is 1. The lowest BCUT2D eigenvalue weighted by Crippen LogP contribution is -2.28. The summed E-state index contributed by atoms with van der Waals surface area (Å²) in [5, 5.41) is 4.52. The van der Waals surface area contributed by atoms with Gasteiger partial charge in [0.1, 0.15) is 11.4 Å². The standard InChI is InChI=1S/C18H13Cl3F3N5O2/c1-26-16(30)9-5-8(19)6-11(21)14(9)29-17(31)12(7-13(25)18(22,23)24)28-15-10(20)3-2-4-27-15/h2-7H,25H2,1H3,(H,26,30)(H,29,31). The van der Waals surface area contributed by atoms with Crippen LogP contribution in [0.25, 0.3) is 0 Å². The largest absolute Gasteiger partial charge is 0.430 e. The number of pyridine rings is 1. The topological polar surface area (TPSA) is 109 Å². The molecule has 0 saturated carbocycles. The summed E-state index contributed by atoms with van der Waals surface area (Å²) in [7, 11) is 1.32. The number of rotatable bonds is 5. The maximum Gasteiger partial charge on any atom is 0.430 e. The minimum Gasteiger partial charge on any atom is -0.395 e. The Balaban J connectivity index is 2.58. The highest BCUT2D eigenvalue weighted by molar-refractivity contribution is 6.49. The zero-order valence-electron chi connectivity index (χ0n) is 15.5. The monoisotopic (exact) mass is 493 g/mol. The predicted octanol–water partition coefficient (Wildman–Crippen LogP) is 4.52. The molecule has 0 unspecified atom stereocenters. The molecule has 0 aliphatic heterocycles. The maximum absolute atomic E-state index is 12.9. The van der Waals surface area contributed by atoms with Gasteiger partial charge in [-0.05, 0) is 30.3 Å². The van der Waals surface area contributed by atoms with Gasteiger partial charge < -0.3 is 16.4 Å². The third-order valence-electron chi connectivity index (χ3n) is 3.58. The van der Waals surface area contributed by atoms with Crippen LogP contribution in [0, 0.1) is 0 Å². The zero-order chi connectivity index (χ0) is 23.3. The number of amides is 2. The zero-order valence-corrected chi connectivity index (χ0v) is 17.8. The summed E-state index contributed by atoms with van der Waals surface area (Å²) in [4.78, 5) is 32.5. The molecular weight excluding hydrogens is 482 g/mol. The molecule has 2 rings (SSSR count). The second-order valence-corrected chi connectivity index (χ2v) is 7.00. The van der Waals surface area contributed by atoms with Crippen molar-refractivity contribution < 1.29 is 22.8 Å². The van der Waals surface area contributed by atoms with Gasteiger partial charge in [-0.15, -0.1) is 0 Å². The van der Waals surface area contributed by atoms with Crippen molar-refractivity contribution >= 4 is 63.8 Å². The van der Waals surface area contributed by atoms with Gasteiger partial charge in [0, 0.05) is 18.3 Å². The third kappa shape index (κ3) is 6.33. The predicted molar refractivity (Wildman–Crippen MR) is 113 cm³/mol. The number of carbonyl (C=O) groups is 2. The summed E-state index contributed by atoms with van der Waals surface area (Å²) in [6, 6.07) is 5.29. The number of nitrogens with two attached hydrogens (primary N) is 1. The van der Waals surface area contributed by atoms with Gasteiger partial charge in [0.15, 0.2) is 5.82 Å². The van der Waals surface area contributed by atoms with Crippen molar-refractivity contribution in [2.45, 2.75) is 6.18 Å². The number of nitrogens with one attached hydrogen (secondary N) is 2. The molecule has 7 nitrogen and oxygen atoms in total. The van der Waals surface area contributed by atoms with E-state index in [1.165, 1.54) is 37.5 Å². The van der Waals surface area contributed by atoms with Crippen molar-refractivity contribution in [3.05, 3.63) is 62.9 Å². The molecule has 2 amide bonds. The number of anilines is 1. The van der Waals surface area contributed by atoms with Crippen LogP contribution in [-0.4, -0.2) is 35.7 Å². The number of nitrogens with zero attached hydrogens (tertiary/aromatic N) is 2. The fraction of sp³-hybridized carbons (Fsp3) is 0.111. The second-order valence-electron chi connectivity index (χ2n) is 5.75. The van der Waals surface area contributed by atoms with E-state index in [0.29, 0.717) is 6.08 Å². The molecule has 0 fully saturated rings. The number of hydrogen-bond acceptors (Lipinski definition) is 5. The van der Waals surface area contributed by atoms with Crippen molar-refractivity contribution in [1.29, 1.82) is 0 Å². The van der Waals surface area contributed by atoms with Crippen molar-refractivity contribution in [3.8, 4) is 0 Å². The van der Waals surface area contributed by atoms with Crippen LogP contribution in [0.15, 0.2) is 47.2 Å². The molecule has 0 spiro atoms. The van der Waals surface area contributed by atoms with Gasteiger partial charge in [0.25, 0.3) is 11.8 Å². The molecule has 1 aromatic carbocycles. The Morgan fingerprint density at radius 3 is 2.45 bits per heavy atom. The average Bonchev–Trinajstić information content (AvgIpc) is 2.69. The Labute approximate surface area is 189 Å². The first-order valence-corrected chi connectivity index (χ1v) is 9.33. The number of hydrogen-bond donors (Lipinski definition) is 3. The van der Waals surface area contributed by atoms with E-state index in [1.54, 1.807) is 0 Å². The smallest absolute Gasteiger partial charge is 0.395 e. The molecule has 1 aromatic heterocycles. The summed E-state index contributed by atoms with van der Waals surface area (Å²) < 4.78 is 38.8. The van der Waals surface area contributed by atoms with Crippen LogP contribution < -0.4 is 16.4 Å². The highest BCUT2D eigenvalue weighted by Gasteiger charge is 2.32. The molecule has 0 radical (unpaired) electrons. The Kier molecular flexibility index (Phi) is 7.88. The second kappa shape index (κ2) is 9.99. The van der Waals surface area contributed by atoms with E-state index in [1.807, 2.05) is 0 Å². The molecule has 0 aliphatic carbocycles. The van der Waals surface area contributed by atoms with Crippen LogP contribution in [0.5, 0.6) is 0 Å². The fourth-order valence-corrected chi connectivity index (χ4v) is 2.85. The molecule has 31 heavy (non-hydrogen) atoms. The van der Waals surface area contributed by atoms with Crippen molar-refractivity contribution in [2.75, 3.05) is 12.4 Å². The van der Waals surface area contributed by atoms with Crippen LogP contribution in [-0.2, 0) is 4.79 Å².